The number of nitrogens with zero attached hydrogens (tertiary/aromatic N) is 3. The van der Waals surface area contributed by atoms with E-state index in [1.165, 1.54) is 0 Å². The molecule has 0 unspecified atom stereocenters. The number of benzene rings is 2. The summed E-state index contributed by atoms with van der Waals surface area (Å²) in [5.41, 5.74) is 4.34. The number of pyridine rings is 1. The third-order valence-electron chi connectivity index (χ3n) is 5.84. The van der Waals surface area contributed by atoms with Crippen LogP contribution in [0, 0.1) is 0 Å². The third kappa shape index (κ3) is 3.61. The fourth-order valence-corrected chi connectivity index (χ4v) is 5.08. The molecule has 0 spiro atoms. The van der Waals surface area contributed by atoms with Crippen molar-refractivity contribution < 1.29 is 8.42 Å². The van der Waals surface area contributed by atoms with E-state index in [0.717, 1.165) is 40.9 Å². The lowest BCUT2D eigenvalue weighted by atomic mass is 10.0. The second kappa shape index (κ2) is 7.96. The molecule has 0 aliphatic carbocycles. The molecule has 0 bridgehead atoms. The molecular formula is C24H25N5O2S. The zero-order valence-corrected chi connectivity index (χ0v) is 18.8. The summed E-state index contributed by atoms with van der Waals surface area (Å²) >= 11 is 0. The lowest BCUT2D eigenvalue weighted by Gasteiger charge is -2.29. The minimum atomic E-state index is -3.74. The van der Waals surface area contributed by atoms with Gasteiger partial charge in [-0.25, -0.2) is 13.4 Å². The van der Waals surface area contributed by atoms with Gasteiger partial charge in [-0.3, -0.25) is 4.72 Å². The van der Waals surface area contributed by atoms with Crippen molar-refractivity contribution in [2.75, 3.05) is 36.8 Å². The number of nitrogens with one attached hydrogen (secondary N) is 2. The highest BCUT2D eigenvalue weighted by molar-refractivity contribution is 7.92. The molecule has 1 aliphatic rings. The highest BCUT2D eigenvalue weighted by Gasteiger charge is 2.25. The zero-order valence-electron chi connectivity index (χ0n) is 18.0. The summed E-state index contributed by atoms with van der Waals surface area (Å²) in [5.74, 6) is 0. The number of anilines is 2. The zero-order chi connectivity index (χ0) is 22.3. The number of hydrogen-bond donors (Lipinski definition) is 2. The molecule has 0 saturated carbocycles. The van der Waals surface area contributed by atoms with Crippen molar-refractivity contribution in [2.45, 2.75) is 10.9 Å². The first-order valence-electron chi connectivity index (χ1n) is 10.5. The van der Waals surface area contributed by atoms with Gasteiger partial charge in [0.15, 0.2) is 0 Å². The van der Waals surface area contributed by atoms with Crippen molar-refractivity contribution in [1.82, 2.24) is 14.9 Å². The molecule has 5 rings (SSSR count). The topological polar surface area (TPSA) is 79.3 Å². The van der Waals surface area contributed by atoms with Crippen LogP contribution in [0.1, 0.15) is 6.04 Å². The third-order valence-corrected chi connectivity index (χ3v) is 7.22. The van der Waals surface area contributed by atoms with Crippen molar-refractivity contribution in [3.63, 3.8) is 0 Å². The van der Waals surface area contributed by atoms with Crippen LogP contribution < -0.4 is 14.9 Å². The van der Waals surface area contributed by atoms with Gasteiger partial charge in [0.25, 0.3) is 10.0 Å². The van der Waals surface area contributed by atoms with Crippen molar-refractivity contribution in [3.05, 3.63) is 73.1 Å². The lowest BCUT2D eigenvalue weighted by Crippen LogP contribution is -2.43. The predicted octanol–water partition coefficient (Wildman–Crippen LogP) is 3.71. The quantitative estimate of drug-likeness (QED) is 0.471. The molecule has 164 valence electrons. The van der Waals surface area contributed by atoms with Crippen molar-refractivity contribution in [2.24, 2.45) is 0 Å². The van der Waals surface area contributed by atoms with Gasteiger partial charge in [0.05, 0.1) is 22.0 Å². The summed E-state index contributed by atoms with van der Waals surface area (Å²) in [4.78, 5) is 6.92. The molecule has 1 fully saturated rings. The van der Waals surface area contributed by atoms with Crippen molar-refractivity contribution >= 4 is 32.4 Å². The molecular weight excluding hydrogens is 422 g/mol. The molecule has 0 radical (unpaired) electrons. The maximum atomic E-state index is 13.1. The van der Waals surface area contributed by atoms with Crippen LogP contribution in [0.5, 0.6) is 0 Å². The van der Waals surface area contributed by atoms with Crippen LogP contribution in [0.2, 0.25) is 0 Å². The summed E-state index contributed by atoms with van der Waals surface area (Å²) in [6.45, 7) is 1.73. The average Bonchev–Trinajstić information content (AvgIpc) is 3.13. The number of fused-ring (bicyclic) bond motifs is 1. The second-order valence-corrected chi connectivity index (χ2v) is 9.86. The van der Waals surface area contributed by atoms with Crippen LogP contribution in [0.4, 0.5) is 11.4 Å². The largest absolute Gasteiger partial charge is 0.378 e. The summed E-state index contributed by atoms with van der Waals surface area (Å²) in [6.07, 6.45) is 3.76. The maximum Gasteiger partial charge on any atom is 0.261 e. The Morgan fingerprint density at radius 3 is 2.53 bits per heavy atom. The first kappa shape index (κ1) is 20.5. The molecule has 1 saturated heterocycles. The van der Waals surface area contributed by atoms with Crippen LogP contribution in [0.15, 0.2) is 78.0 Å². The molecule has 0 amide bonds. The molecule has 7 nitrogen and oxygen atoms in total. The van der Waals surface area contributed by atoms with E-state index in [9.17, 15) is 8.42 Å². The molecule has 1 aliphatic heterocycles. The fraction of sp³-hybridized carbons (Fsp3) is 0.208. The summed E-state index contributed by atoms with van der Waals surface area (Å²) < 4.78 is 31.1. The monoisotopic (exact) mass is 447 g/mol. The molecule has 4 aromatic rings. The van der Waals surface area contributed by atoms with Gasteiger partial charge in [-0.2, -0.15) is 0 Å². The van der Waals surface area contributed by atoms with Gasteiger partial charge in [0.2, 0.25) is 0 Å². The first-order chi connectivity index (χ1) is 15.4. The Bertz CT molecular complexity index is 1380. The van der Waals surface area contributed by atoms with E-state index in [1.54, 1.807) is 42.6 Å². The Hall–Kier alpha value is -3.36. The van der Waals surface area contributed by atoms with Gasteiger partial charge in [0, 0.05) is 50.8 Å². The average molecular weight is 448 g/mol. The molecule has 8 heteroatoms. The minimum Gasteiger partial charge on any atom is -0.378 e. The van der Waals surface area contributed by atoms with Crippen molar-refractivity contribution in [3.8, 4) is 11.1 Å². The van der Waals surface area contributed by atoms with Crippen LogP contribution in [0.3, 0.4) is 0 Å². The SMILES string of the molecule is CN(C)c1cccc(-c2cn(C3CNC3)c3nccc(NS(=O)(=O)c4ccccc4)c23)c1. The van der Waals surface area contributed by atoms with Gasteiger partial charge in [-0.15, -0.1) is 0 Å². The van der Waals surface area contributed by atoms with Crippen LogP contribution >= 0.6 is 0 Å². The predicted molar refractivity (Wildman–Crippen MR) is 129 cm³/mol. The summed E-state index contributed by atoms with van der Waals surface area (Å²) in [5, 5.41) is 4.11. The van der Waals surface area contributed by atoms with E-state index in [4.69, 9.17) is 0 Å². The molecule has 0 atom stereocenters. The van der Waals surface area contributed by atoms with Gasteiger partial charge in [0.1, 0.15) is 5.65 Å². The van der Waals surface area contributed by atoms with Crippen LogP contribution in [0.25, 0.3) is 22.2 Å². The molecule has 2 aromatic carbocycles. The van der Waals surface area contributed by atoms with Gasteiger partial charge in [-0.1, -0.05) is 30.3 Å². The highest BCUT2D eigenvalue weighted by Crippen LogP contribution is 2.38. The van der Waals surface area contributed by atoms with Crippen LogP contribution in [-0.4, -0.2) is 45.2 Å². The molecule has 2 N–H and O–H groups in total. The Labute approximate surface area is 187 Å². The van der Waals surface area contributed by atoms with E-state index < -0.39 is 10.0 Å². The maximum absolute atomic E-state index is 13.1. The second-order valence-electron chi connectivity index (χ2n) is 8.18. The number of rotatable bonds is 6. The highest BCUT2D eigenvalue weighted by atomic mass is 32.2. The van der Waals surface area contributed by atoms with Crippen LogP contribution in [-0.2, 0) is 10.0 Å². The summed E-state index contributed by atoms with van der Waals surface area (Å²) in [7, 11) is 0.271. The molecule has 32 heavy (non-hydrogen) atoms. The Kier molecular flexibility index (Phi) is 5.11. The van der Waals surface area contributed by atoms with Gasteiger partial charge in [-0.05, 0) is 35.9 Å². The number of sulfonamides is 1. The Morgan fingerprint density at radius 1 is 1.06 bits per heavy atom. The molecule has 3 heterocycles. The van der Waals surface area contributed by atoms with Gasteiger partial charge < -0.3 is 14.8 Å². The standard InChI is InChI=1S/C24H25N5O2S/c1-28(2)18-8-6-7-17(13-18)21-16-29(19-14-25-15-19)24-23(21)22(11-12-26-24)27-32(30,31)20-9-4-3-5-10-20/h3-13,16,19,25H,14-15H2,1-2H3,(H,26,27). The first-order valence-corrected chi connectivity index (χ1v) is 12.0. The van der Waals surface area contributed by atoms with Gasteiger partial charge >= 0.3 is 0 Å². The lowest BCUT2D eigenvalue weighted by molar-refractivity contribution is 0.350. The smallest absolute Gasteiger partial charge is 0.261 e. The van der Waals surface area contributed by atoms with Crippen molar-refractivity contribution in [1.29, 1.82) is 0 Å². The van der Waals surface area contributed by atoms with E-state index in [1.807, 2.05) is 26.2 Å². The number of hydrogen-bond acceptors (Lipinski definition) is 5. The van der Waals surface area contributed by atoms with E-state index >= 15 is 0 Å². The normalized spacial score (nSPS) is 14.3. The minimum absolute atomic E-state index is 0.226. The van der Waals surface area contributed by atoms with E-state index in [2.05, 4.69) is 42.8 Å². The number of aromatic nitrogens is 2. The fourth-order valence-electron chi connectivity index (χ4n) is 3.98. The van der Waals surface area contributed by atoms with E-state index in [-0.39, 0.29) is 10.9 Å². The Morgan fingerprint density at radius 2 is 1.84 bits per heavy atom. The van der Waals surface area contributed by atoms with E-state index in [0.29, 0.717) is 5.69 Å². The molecule has 2 aromatic heterocycles. The summed E-state index contributed by atoms with van der Waals surface area (Å²) in [6, 6.07) is 18.7. The Balaban J connectivity index is 1.69.